The predicted octanol–water partition coefficient (Wildman–Crippen LogP) is 2.82. The Morgan fingerprint density at radius 3 is 2.31 bits per heavy atom. The number of benzene rings is 1. The standard InChI is InChI=1S/C15H23NO3.C2HF3O2/c1-17-12-13-4-3-9-16(13)10-11-19-15-7-5-14(18-2)6-8-15;3-2(4,5)1(6)7/h5-8,13H,3-4,9-12H2,1-2H3;(H,6,7)/t13-;/m0./s1. The minimum absolute atomic E-state index is 0.560. The third-order valence-electron chi connectivity index (χ3n) is 3.81. The zero-order chi connectivity index (χ0) is 19.6. The van der Waals surface area contributed by atoms with Crippen LogP contribution in [0.15, 0.2) is 24.3 Å². The molecule has 0 aliphatic carbocycles. The van der Waals surface area contributed by atoms with Gasteiger partial charge in [-0.2, -0.15) is 13.2 Å². The van der Waals surface area contributed by atoms with Crippen LogP contribution < -0.4 is 9.47 Å². The number of carbonyl (C=O) groups is 1. The number of carboxylic acids is 1. The van der Waals surface area contributed by atoms with Gasteiger partial charge in [-0.05, 0) is 43.7 Å². The second-order valence-electron chi connectivity index (χ2n) is 5.61. The largest absolute Gasteiger partial charge is 0.497 e. The molecule has 1 heterocycles. The van der Waals surface area contributed by atoms with Crippen molar-refractivity contribution in [3.63, 3.8) is 0 Å². The van der Waals surface area contributed by atoms with Crippen molar-refractivity contribution in [2.75, 3.05) is 40.5 Å². The maximum Gasteiger partial charge on any atom is 0.490 e. The van der Waals surface area contributed by atoms with Crippen LogP contribution in [0, 0.1) is 0 Å². The average molecular weight is 379 g/mol. The number of likely N-dealkylation sites (tertiary alicyclic amines) is 1. The Balaban J connectivity index is 0.000000412. The predicted molar refractivity (Wildman–Crippen MR) is 88.7 cm³/mol. The lowest BCUT2D eigenvalue weighted by Crippen LogP contribution is -2.35. The molecule has 1 aliphatic rings. The molecule has 0 unspecified atom stereocenters. The highest BCUT2D eigenvalue weighted by Gasteiger charge is 2.38. The Kier molecular flexibility index (Phi) is 9.22. The molecule has 1 saturated heterocycles. The van der Waals surface area contributed by atoms with Crippen molar-refractivity contribution in [3.8, 4) is 11.5 Å². The van der Waals surface area contributed by atoms with Crippen molar-refractivity contribution < 1.29 is 37.3 Å². The van der Waals surface area contributed by atoms with E-state index in [-0.39, 0.29) is 0 Å². The topological polar surface area (TPSA) is 68.2 Å². The molecule has 1 atom stereocenters. The minimum Gasteiger partial charge on any atom is -0.497 e. The lowest BCUT2D eigenvalue weighted by atomic mass is 10.2. The van der Waals surface area contributed by atoms with Gasteiger partial charge in [0, 0.05) is 19.7 Å². The monoisotopic (exact) mass is 379 g/mol. The number of ether oxygens (including phenoxy) is 3. The molecule has 1 aromatic rings. The number of hydrogen-bond donors (Lipinski definition) is 1. The second kappa shape index (κ2) is 10.9. The quantitative estimate of drug-likeness (QED) is 0.786. The van der Waals surface area contributed by atoms with Crippen LogP contribution in [-0.2, 0) is 9.53 Å². The van der Waals surface area contributed by atoms with E-state index < -0.39 is 12.1 Å². The molecule has 26 heavy (non-hydrogen) atoms. The van der Waals surface area contributed by atoms with Gasteiger partial charge in [-0.15, -0.1) is 0 Å². The van der Waals surface area contributed by atoms with E-state index in [0.717, 1.165) is 31.2 Å². The number of carboxylic acid groups (broad SMARTS) is 1. The van der Waals surface area contributed by atoms with Crippen molar-refractivity contribution >= 4 is 5.97 Å². The third-order valence-corrected chi connectivity index (χ3v) is 3.81. The molecule has 0 amide bonds. The Morgan fingerprint density at radius 1 is 1.23 bits per heavy atom. The van der Waals surface area contributed by atoms with Crippen molar-refractivity contribution in [2.45, 2.75) is 25.1 Å². The van der Waals surface area contributed by atoms with E-state index in [9.17, 15) is 13.2 Å². The smallest absolute Gasteiger partial charge is 0.490 e. The van der Waals surface area contributed by atoms with Crippen LogP contribution >= 0.6 is 0 Å². The average Bonchev–Trinajstić information content (AvgIpc) is 3.03. The molecule has 1 aliphatic heterocycles. The van der Waals surface area contributed by atoms with Crippen LogP contribution in [0.2, 0.25) is 0 Å². The summed E-state index contributed by atoms with van der Waals surface area (Å²) in [4.78, 5) is 11.3. The van der Waals surface area contributed by atoms with Crippen molar-refractivity contribution in [1.82, 2.24) is 4.90 Å². The summed E-state index contributed by atoms with van der Waals surface area (Å²) < 4.78 is 47.9. The van der Waals surface area contributed by atoms with Gasteiger partial charge in [0.25, 0.3) is 0 Å². The van der Waals surface area contributed by atoms with Crippen molar-refractivity contribution in [3.05, 3.63) is 24.3 Å². The van der Waals surface area contributed by atoms with Gasteiger partial charge in [0.15, 0.2) is 0 Å². The first-order chi connectivity index (χ1) is 12.3. The van der Waals surface area contributed by atoms with Crippen molar-refractivity contribution in [1.29, 1.82) is 0 Å². The zero-order valence-electron chi connectivity index (χ0n) is 14.8. The zero-order valence-corrected chi connectivity index (χ0v) is 14.8. The summed E-state index contributed by atoms with van der Waals surface area (Å²) in [7, 11) is 3.43. The molecule has 2 rings (SSSR count). The number of methoxy groups -OCH3 is 2. The molecule has 148 valence electrons. The van der Waals surface area contributed by atoms with Gasteiger partial charge in [0.1, 0.15) is 18.1 Å². The molecule has 0 radical (unpaired) electrons. The van der Waals surface area contributed by atoms with Crippen LogP contribution in [0.1, 0.15) is 12.8 Å². The summed E-state index contributed by atoms with van der Waals surface area (Å²) in [5, 5.41) is 7.12. The Bertz CT molecular complexity index is 536. The summed E-state index contributed by atoms with van der Waals surface area (Å²) >= 11 is 0. The summed E-state index contributed by atoms with van der Waals surface area (Å²) in [6.45, 7) is 3.65. The van der Waals surface area contributed by atoms with Crippen molar-refractivity contribution in [2.24, 2.45) is 0 Å². The van der Waals surface area contributed by atoms with Gasteiger partial charge in [0.05, 0.1) is 13.7 Å². The second-order valence-corrected chi connectivity index (χ2v) is 5.61. The maximum atomic E-state index is 10.6. The van der Waals surface area contributed by atoms with E-state index in [4.69, 9.17) is 24.1 Å². The van der Waals surface area contributed by atoms with Gasteiger partial charge >= 0.3 is 12.1 Å². The molecular formula is C17H24F3NO5. The van der Waals surface area contributed by atoms with Crippen LogP contribution in [0.25, 0.3) is 0 Å². The lowest BCUT2D eigenvalue weighted by Gasteiger charge is -2.23. The number of halogens is 3. The number of rotatable bonds is 7. The van der Waals surface area contributed by atoms with E-state index in [1.165, 1.54) is 12.8 Å². The summed E-state index contributed by atoms with van der Waals surface area (Å²) in [6.07, 6.45) is -2.59. The number of alkyl halides is 3. The summed E-state index contributed by atoms with van der Waals surface area (Å²) in [5.41, 5.74) is 0. The summed E-state index contributed by atoms with van der Waals surface area (Å²) in [5.74, 6) is -1.01. The Labute approximate surface area is 150 Å². The van der Waals surface area contributed by atoms with Gasteiger partial charge in [-0.3, -0.25) is 4.90 Å². The normalized spacial score (nSPS) is 17.3. The fraction of sp³-hybridized carbons (Fsp3) is 0.588. The molecule has 0 aromatic heterocycles. The molecule has 1 aromatic carbocycles. The molecule has 1 fully saturated rings. The molecule has 0 saturated carbocycles. The van der Waals surface area contributed by atoms with E-state index in [1.54, 1.807) is 14.2 Å². The maximum absolute atomic E-state index is 10.6. The first-order valence-corrected chi connectivity index (χ1v) is 8.08. The van der Waals surface area contributed by atoms with Crippen LogP contribution in [0.3, 0.4) is 0 Å². The van der Waals surface area contributed by atoms with E-state index in [0.29, 0.717) is 12.6 Å². The fourth-order valence-corrected chi connectivity index (χ4v) is 2.52. The highest BCUT2D eigenvalue weighted by Crippen LogP contribution is 2.19. The van der Waals surface area contributed by atoms with Gasteiger partial charge in [0.2, 0.25) is 0 Å². The number of hydrogen-bond acceptors (Lipinski definition) is 5. The Hall–Kier alpha value is -2.00. The van der Waals surface area contributed by atoms with Gasteiger partial charge in [-0.1, -0.05) is 0 Å². The third kappa shape index (κ3) is 7.92. The SMILES string of the molecule is COC[C@@H]1CCCN1CCOc1ccc(OC)cc1.O=C(O)C(F)(F)F. The molecule has 1 N–H and O–H groups in total. The first kappa shape index (κ1) is 22.0. The van der Waals surface area contributed by atoms with E-state index in [2.05, 4.69) is 4.90 Å². The van der Waals surface area contributed by atoms with Crippen LogP contribution in [0.5, 0.6) is 11.5 Å². The molecule has 9 heteroatoms. The lowest BCUT2D eigenvalue weighted by molar-refractivity contribution is -0.192. The Morgan fingerprint density at radius 2 is 1.81 bits per heavy atom. The highest BCUT2D eigenvalue weighted by atomic mass is 19.4. The molecular weight excluding hydrogens is 355 g/mol. The summed E-state index contributed by atoms with van der Waals surface area (Å²) in [6, 6.07) is 8.27. The fourth-order valence-electron chi connectivity index (χ4n) is 2.52. The molecule has 0 bridgehead atoms. The first-order valence-electron chi connectivity index (χ1n) is 8.08. The molecule has 6 nitrogen and oxygen atoms in total. The van der Waals surface area contributed by atoms with E-state index in [1.807, 2.05) is 24.3 Å². The molecule has 0 spiro atoms. The number of aliphatic carboxylic acids is 1. The van der Waals surface area contributed by atoms with Crippen LogP contribution in [-0.4, -0.2) is 68.7 Å². The minimum atomic E-state index is -5.08. The van der Waals surface area contributed by atoms with Gasteiger partial charge in [-0.25, -0.2) is 4.79 Å². The highest BCUT2D eigenvalue weighted by molar-refractivity contribution is 5.73. The van der Waals surface area contributed by atoms with E-state index >= 15 is 0 Å². The van der Waals surface area contributed by atoms with Gasteiger partial charge < -0.3 is 19.3 Å². The van der Waals surface area contributed by atoms with Crippen LogP contribution in [0.4, 0.5) is 13.2 Å². The number of nitrogens with zero attached hydrogens (tertiary/aromatic N) is 1.